The van der Waals surface area contributed by atoms with Crippen molar-refractivity contribution >= 4 is 22.4 Å². The van der Waals surface area contributed by atoms with E-state index in [2.05, 4.69) is 60.3 Å². The number of rotatable bonds is 3. The van der Waals surface area contributed by atoms with Gasteiger partial charge in [0.25, 0.3) is 0 Å². The lowest BCUT2D eigenvalue weighted by Gasteiger charge is -2.19. The van der Waals surface area contributed by atoms with E-state index in [0.29, 0.717) is 5.13 Å². The first kappa shape index (κ1) is 17.3. The summed E-state index contributed by atoms with van der Waals surface area (Å²) in [6.07, 6.45) is 3.53. The van der Waals surface area contributed by atoms with Crippen LogP contribution in [0.15, 0.2) is 48.8 Å². The molecule has 2 heterocycles. The van der Waals surface area contributed by atoms with E-state index in [9.17, 15) is 4.79 Å². The van der Waals surface area contributed by atoms with Crippen LogP contribution in [0.3, 0.4) is 0 Å². The summed E-state index contributed by atoms with van der Waals surface area (Å²) in [5, 5.41) is 3.40. The first-order valence-corrected chi connectivity index (χ1v) is 8.96. The van der Waals surface area contributed by atoms with Gasteiger partial charge < -0.3 is 5.32 Å². The molecule has 1 aromatic carbocycles. The molecule has 0 aliphatic rings. The Morgan fingerprint density at radius 2 is 1.64 bits per heavy atom. The first-order chi connectivity index (χ1) is 11.8. The Morgan fingerprint density at radius 1 is 1.00 bits per heavy atom. The van der Waals surface area contributed by atoms with Crippen LogP contribution in [-0.2, 0) is 10.2 Å². The van der Waals surface area contributed by atoms with E-state index in [4.69, 9.17) is 0 Å². The van der Waals surface area contributed by atoms with E-state index >= 15 is 0 Å². The molecule has 5 heteroatoms. The molecule has 3 rings (SSSR count). The molecule has 0 saturated carbocycles. The zero-order valence-electron chi connectivity index (χ0n) is 14.8. The molecule has 4 nitrogen and oxygen atoms in total. The van der Waals surface area contributed by atoms with Gasteiger partial charge in [0.1, 0.15) is 0 Å². The number of amides is 1. The standard InChI is InChI=1S/C20H21N3OS/c1-13(24)22-19-23-17(18(25-19)15-9-11-21-12-10-15)14-5-7-16(8-6-14)20(2,3)4/h5-12H,1-4H3,(H,22,23,24). The molecule has 0 spiro atoms. The number of carbonyl (C=O) groups is 1. The molecule has 0 unspecified atom stereocenters. The fourth-order valence-electron chi connectivity index (χ4n) is 2.55. The highest BCUT2D eigenvalue weighted by Crippen LogP contribution is 2.39. The Morgan fingerprint density at radius 3 is 2.20 bits per heavy atom. The average Bonchev–Trinajstić information content (AvgIpc) is 2.98. The summed E-state index contributed by atoms with van der Waals surface area (Å²) in [6, 6.07) is 12.4. The van der Waals surface area contributed by atoms with Crippen molar-refractivity contribution in [2.75, 3.05) is 5.32 Å². The second-order valence-corrected chi connectivity index (χ2v) is 7.94. The van der Waals surface area contributed by atoms with Gasteiger partial charge in [-0.1, -0.05) is 56.4 Å². The zero-order chi connectivity index (χ0) is 18.0. The number of hydrogen-bond donors (Lipinski definition) is 1. The molecule has 3 aromatic rings. The smallest absolute Gasteiger partial charge is 0.223 e. The van der Waals surface area contributed by atoms with E-state index in [1.165, 1.54) is 23.8 Å². The number of anilines is 1. The molecule has 0 bridgehead atoms. The Kier molecular flexibility index (Phi) is 4.68. The van der Waals surface area contributed by atoms with Crippen molar-refractivity contribution in [3.63, 3.8) is 0 Å². The van der Waals surface area contributed by atoms with Gasteiger partial charge in [-0.2, -0.15) is 0 Å². The van der Waals surface area contributed by atoms with Crippen molar-refractivity contribution in [3.8, 4) is 21.7 Å². The van der Waals surface area contributed by atoms with Crippen molar-refractivity contribution in [2.24, 2.45) is 0 Å². The second-order valence-electron chi connectivity index (χ2n) is 6.94. The number of benzene rings is 1. The lowest BCUT2D eigenvalue weighted by molar-refractivity contribution is -0.114. The largest absolute Gasteiger partial charge is 0.302 e. The average molecular weight is 351 g/mol. The van der Waals surface area contributed by atoms with Gasteiger partial charge in [0, 0.05) is 24.9 Å². The Bertz CT molecular complexity index is 878. The van der Waals surface area contributed by atoms with E-state index in [1.807, 2.05) is 12.1 Å². The van der Waals surface area contributed by atoms with Gasteiger partial charge in [-0.05, 0) is 28.7 Å². The van der Waals surface area contributed by atoms with Crippen molar-refractivity contribution in [2.45, 2.75) is 33.1 Å². The monoisotopic (exact) mass is 351 g/mol. The van der Waals surface area contributed by atoms with Crippen LogP contribution in [0.25, 0.3) is 21.7 Å². The molecule has 2 aromatic heterocycles. The number of nitrogens with zero attached hydrogens (tertiary/aromatic N) is 2. The van der Waals surface area contributed by atoms with Crippen LogP contribution in [-0.4, -0.2) is 15.9 Å². The number of nitrogens with one attached hydrogen (secondary N) is 1. The topological polar surface area (TPSA) is 54.9 Å². The fourth-order valence-corrected chi connectivity index (χ4v) is 3.59. The summed E-state index contributed by atoms with van der Waals surface area (Å²) in [7, 11) is 0. The van der Waals surface area contributed by atoms with Crippen molar-refractivity contribution < 1.29 is 4.79 Å². The summed E-state index contributed by atoms with van der Waals surface area (Å²) in [6.45, 7) is 8.08. The maximum Gasteiger partial charge on any atom is 0.223 e. The van der Waals surface area contributed by atoms with Crippen LogP contribution in [0.2, 0.25) is 0 Å². The molecular formula is C20H21N3OS. The Balaban J connectivity index is 2.08. The molecule has 0 radical (unpaired) electrons. The van der Waals surface area contributed by atoms with Crippen LogP contribution >= 0.6 is 11.3 Å². The third-order valence-corrected chi connectivity index (χ3v) is 4.90. The summed E-state index contributed by atoms with van der Waals surface area (Å²) in [4.78, 5) is 21.2. The van der Waals surface area contributed by atoms with Gasteiger partial charge in [-0.15, -0.1) is 0 Å². The molecule has 128 valence electrons. The minimum Gasteiger partial charge on any atom is -0.302 e. The molecule has 0 aliphatic carbocycles. The molecule has 0 saturated heterocycles. The zero-order valence-corrected chi connectivity index (χ0v) is 15.6. The lowest BCUT2D eigenvalue weighted by Crippen LogP contribution is -2.10. The predicted molar refractivity (Wildman–Crippen MR) is 104 cm³/mol. The van der Waals surface area contributed by atoms with Crippen molar-refractivity contribution in [3.05, 3.63) is 54.4 Å². The van der Waals surface area contributed by atoms with Crippen molar-refractivity contribution in [1.29, 1.82) is 0 Å². The van der Waals surface area contributed by atoms with E-state index < -0.39 is 0 Å². The maximum absolute atomic E-state index is 11.4. The highest BCUT2D eigenvalue weighted by molar-refractivity contribution is 7.19. The van der Waals surface area contributed by atoms with E-state index in [1.54, 1.807) is 12.4 Å². The lowest BCUT2D eigenvalue weighted by atomic mass is 9.86. The summed E-state index contributed by atoms with van der Waals surface area (Å²) in [5.41, 5.74) is 4.33. The third-order valence-electron chi connectivity index (χ3n) is 3.88. The van der Waals surface area contributed by atoms with E-state index in [0.717, 1.165) is 21.7 Å². The Labute approximate surface area is 152 Å². The van der Waals surface area contributed by atoms with Gasteiger partial charge >= 0.3 is 0 Å². The molecule has 0 fully saturated rings. The number of hydrogen-bond acceptors (Lipinski definition) is 4. The minimum atomic E-state index is -0.121. The van der Waals surface area contributed by atoms with Gasteiger partial charge in [-0.3, -0.25) is 9.78 Å². The van der Waals surface area contributed by atoms with Gasteiger partial charge in [-0.25, -0.2) is 4.98 Å². The summed E-state index contributed by atoms with van der Waals surface area (Å²) < 4.78 is 0. The summed E-state index contributed by atoms with van der Waals surface area (Å²) >= 11 is 1.47. The van der Waals surface area contributed by atoms with Crippen LogP contribution in [0, 0.1) is 0 Å². The van der Waals surface area contributed by atoms with Gasteiger partial charge in [0.2, 0.25) is 5.91 Å². The minimum absolute atomic E-state index is 0.107. The molecule has 0 atom stereocenters. The van der Waals surface area contributed by atoms with Crippen LogP contribution in [0.1, 0.15) is 33.3 Å². The van der Waals surface area contributed by atoms with Crippen LogP contribution < -0.4 is 5.32 Å². The number of thiazole rings is 1. The third kappa shape index (κ3) is 3.94. The predicted octanol–water partition coefficient (Wildman–Crippen LogP) is 5.13. The van der Waals surface area contributed by atoms with Crippen molar-refractivity contribution in [1.82, 2.24) is 9.97 Å². The number of aromatic nitrogens is 2. The second kappa shape index (κ2) is 6.76. The van der Waals surface area contributed by atoms with E-state index in [-0.39, 0.29) is 11.3 Å². The molecule has 0 aliphatic heterocycles. The maximum atomic E-state index is 11.4. The summed E-state index contributed by atoms with van der Waals surface area (Å²) in [5.74, 6) is -0.121. The SMILES string of the molecule is CC(=O)Nc1nc(-c2ccc(C(C)(C)C)cc2)c(-c2ccncc2)s1. The highest BCUT2D eigenvalue weighted by Gasteiger charge is 2.17. The van der Waals surface area contributed by atoms with Crippen LogP contribution in [0.4, 0.5) is 5.13 Å². The number of carbonyl (C=O) groups excluding carboxylic acids is 1. The van der Waals surface area contributed by atoms with Crippen LogP contribution in [0.5, 0.6) is 0 Å². The molecular weight excluding hydrogens is 330 g/mol. The number of pyridine rings is 1. The normalized spacial score (nSPS) is 11.4. The first-order valence-electron chi connectivity index (χ1n) is 8.14. The fraction of sp³-hybridized carbons (Fsp3) is 0.250. The molecule has 25 heavy (non-hydrogen) atoms. The molecule has 1 amide bonds. The van der Waals surface area contributed by atoms with Gasteiger partial charge in [0.05, 0.1) is 10.6 Å². The van der Waals surface area contributed by atoms with Gasteiger partial charge in [0.15, 0.2) is 5.13 Å². The quantitative estimate of drug-likeness (QED) is 0.712. The Hall–Kier alpha value is -2.53. The highest BCUT2D eigenvalue weighted by atomic mass is 32.1. The molecule has 1 N–H and O–H groups in total.